The summed E-state index contributed by atoms with van der Waals surface area (Å²) in [5.74, 6) is -1.02. The van der Waals surface area contributed by atoms with Crippen LogP contribution in [0.1, 0.15) is 35.7 Å². The summed E-state index contributed by atoms with van der Waals surface area (Å²) in [5, 5.41) is 2.75. The summed E-state index contributed by atoms with van der Waals surface area (Å²) in [4.78, 5) is 36.4. The smallest absolute Gasteiger partial charge is 0.337 e. The Balaban J connectivity index is 3.00. The van der Waals surface area contributed by atoms with Gasteiger partial charge in [-0.2, -0.15) is 0 Å². The highest BCUT2D eigenvalue weighted by Crippen LogP contribution is 2.25. The van der Waals surface area contributed by atoms with Crippen LogP contribution in [0.4, 0.5) is 5.69 Å². The molecule has 1 aromatic rings. The fraction of sp³-hybridized carbons (Fsp3) is 0.353. The molecule has 0 saturated heterocycles. The maximum absolute atomic E-state index is 12.1. The predicted molar refractivity (Wildman–Crippen MR) is 88.3 cm³/mol. The molecule has 1 N–H and O–H groups in total. The maximum Gasteiger partial charge on any atom is 0.337 e. The van der Waals surface area contributed by atoms with Gasteiger partial charge in [0, 0.05) is 12.7 Å². The second-order valence-electron chi connectivity index (χ2n) is 5.39. The van der Waals surface area contributed by atoms with Crippen molar-refractivity contribution in [3.8, 4) is 0 Å². The van der Waals surface area contributed by atoms with E-state index in [9.17, 15) is 14.4 Å². The zero-order valence-electron chi connectivity index (χ0n) is 13.9. The van der Waals surface area contributed by atoms with Gasteiger partial charge in [-0.1, -0.05) is 26.5 Å². The van der Waals surface area contributed by atoms with Gasteiger partial charge in [-0.25, -0.2) is 4.79 Å². The number of benzene rings is 1. The van der Waals surface area contributed by atoms with Gasteiger partial charge in [-0.05, 0) is 29.7 Å². The molecule has 23 heavy (non-hydrogen) atoms. The number of likely N-dealkylation sites (N-methyl/N-ethyl adjacent to an activating group) is 1. The van der Waals surface area contributed by atoms with Crippen LogP contribution in [0.15, 0.2) is 30.9 Å². The van der Waals surface area contributed by atoms with Gasteiger partial charge in [0.15, 0.2) is 0 Å². The van der Waals surface area contributed by atoms with Gasteiger partial charge in [0.25, 0.3) is 0 Å². The Morgan fingerprint density at radius 3 is 2.52 bits per heavy atom. The third-order valence-corrected chi connectivity index (χ3v) is 3.30. The highest BCUT2D eigenvalue weighted by Gasteiger charge is 2.16. The average Bonchev–Trinajstić information content (AvgIpc) is 2.52. The molecule has 124 valence electrons. The van der Waals surface area contributed by atoms with Crippen molar-refractivity contribution in [3.05, 3.63) is 42.0 Å². The van der Waals surface area contributed by atoms with E-state index in [0.29, 0.717) is 11.3 Å². The van der Waals surface area contributed by atoms with Gasteiger partial charge >= 0.3 is 5.97 Å². The number of amides is 2. The van der Waals surface area contributed by atoms with E-state index in [1.165, 1.54) is 19.1 Å². The lowest BCUT2D eigenvalue weighted by molar-refractivity contribution is -0.129. The van der Waals surface area contributed by atoms with E-state index >= 15 is 0 Å². The number of esters is 1. The summed E-state index contributed by atoms with van der Waals surface area (Å²) in [6.45, 7) is 7.23. The quantitative estimate of drug-likeness (QED) is 0.644. The molecule has 0 atom stereocenters. The summed E-state index contributed by atoms with van der Waals surface area (Å²) < 4.78 is 4.69. The largest absolute Gasteiger partial charge is 0.465 e. The van der Waals surface area contributed by atoms with E-state index in [4.69, 9.17) is 4.74 Å². The molecule has 0 heterocycles. The molecule has 0 aliphatic heterocycles. The number of hydrogen-bond donors (Lipinski definition) is 1. The zero-order chi connectivity index (χ0) is 17.6. The normalized spacial score (nSPS) is 10.1. The van der Waals surface area contributed by atoms with Gasteiger partial charge < -0.3 is 15.0 Å². The van der Waals surface area contributed by atoms with E-state index in [1.807, 2.05) is 13.8 Å². The molecule has 1 rings (SSSR count). The summed E-state index contributed by atoms with van der Waals surface area (Å²) in [6.07, 6.45) is 1.14. The van der Waals surface area contributed by atoms with Crippen molar-refractivity contribution in [3.63, 3.8) is 0 Å². The van der Waals surface area contributed by atoms with E-state index in [-0.39, 0.29) is 24.3 Å². The standard InChI is InChI=1S/C17H22N2O4/c1-6-16(21)19(4)10-15(20)18-14-9-12(17(22)23-5)7-8-13(14)11(2)3/h6-9,11H,1,10H2,2-5H3,(H,18,20). The van der Waals surface area contributed by atoms with Gasteiger partial charge in [0.05, 0.1) is 19.2 Å². The molecule has 0 aliphatic rings. The van der Waals surface area contributed by atoms with Crippen LogP contribution in [0.5, 0.6) is 0 Å². The average molecular weight is 318 g/mol. The fourth-order valence-corrected chi connectivity index (χ4v) is 2.05. The molecule has 0 aromatic heterocycles. The van der Waals surface area contributed by atoms with Crippen LogP contribution in [0.2, 0.25) is 0 Å². The number of nitrogens with zero attached hydrogens (tertiary/aromatic N) is 1. The Morgan fingerprint density at radius 2 is 2.00 bits per heavy atom. The highest BCUT2D eigenvalue weighted by molar-refractivity contribution is 5.98. The molecular weight excluding hydrogens is 296 g/mol. The van der Waals surface area contributed by atoms with Gasteiger partial charge in [-0.15, -0.1) is 0 Å². The molecule has 0 fully saturated rings. The van der Waals surface area contributed by atoms with Crippen molar-refractivity contribution in [1.29, 1.82) is 0 Å². The first-order valence-electron chi connectivity index (χ1n) is 7.19. The fourth-order valence-electron chi connectivity index (χ4n) is 2.05. The first-order valence-corrected chi connectivity index (χ1v) is 7.19. The van der Waals surface area contributed by atoms with Gasteiger partial charge in [-0.3, -0.25) is 9.59 Å². The van der Waals surface area contributed by atoms with Crippen LogP contribution >= 0.6 is 0 Å². The molecule has 6 heteroatoms. The summed E-state index contributed by atoms with van der Waals surface area (Å²) in [6, 6.07) is 5.02. The molecule has 0 radical (unpaired) electrons. The predicted octanol–water partition coefficient (Wildman–Crippen LogP) is 2.18. The molecule has 1 aromatic carbocycles. The lowest BCUT2D eigenvalue weighted by Gasteiger charge is -2.18. The summed E-state index contributed by atoms with van der Waals surface area (Å²) in [5.41, 5.74) is 1.78. The minimum Gasteiger partial charge on any atom is -0.465 e. The third kappa shape index (κ3) is 4.95. The third-order valence-electron chi connectivity index (χ3n) is 3.30. The number of carbonyl (C=O) groups is 3. The number of hydrogen-bond acceptors (Lipinski definition) is 4. The molecule has 6 nitrogen and oxygen atoms in total. The topological polar surface area (TPSA) is 75.7 Å². The zero-order valence-corrected chi connectivity index (χ0v) is 13.9. The summed E-state index contributed by atoms with van der Waals surface area (Å²) >= 11 is 0. The number of nitrogens with one attached hydrogen (secondary N) is 1. The molecule has 0 aliphatic carbocycles. The Hall–Kier alpha value is -2.63. The van der Waals surface area contributed by atoms with Crippen molar-refractivity contribution in [2.24, 2.45) is 0 Å². The minimum atomic E-state index is -0.477. The Morgan fingerprint density at radius 1 is 1.35 bits per heavy atom. The van der Waals surface area contributed by atoms with Crippen molar-refractivity contribution < 1.29 is 19.1 Å². The monoisotopic (exact) mass is 318 g/mol. The van der Waals surface area contributed by atoms with Crippen molar-refractivity contribution >= 4 is 23.5 Å². The number of carbonyl (C=O) groups excluding carboxylic acids is 3. The molecule has 0 bridgehead atoms. The molecular formula is C17H22N2O4. The van der Waals surface area contributed by atoms with Gasteiger partial charge in [0.1, 0.15) is 0 Å². The number of ether oxygens (including phenoxy) is 1. The van der Waals surface area contributed by atoms with Crippen molar-refractivity contribution in [1.82, 2.24) is 4.90 Å². The van der Waals surface area contributed by atoms with Crippen LogP contribution < -0.4 is 5.32 Å². The minimum absolute atomic E-state index is 0.106. The Kier molecular flexibility index (Phi) is 6.50. The molecule has 0 saturated carbocycles. The number of rotatable bonds is 6. The lowest BCUT2D eigenvalue weighted by atomic mass is 9.99. The number of anilines is 1. The van der Waals surface area contributed by atoms with E-state index in [2.05, 4.69) is 11.9 Å². The van der Waals surface area contributed by atoms with Crippen molar-refractivity contribution in [2.45, 2.75) is 19.8 Å². The van der Waals surface area contributed by atoms with E-state index in [1.54, 1.807) is 18.2 Å². The van der Waals surface area contributed by atoms with Gasteiger partial charge in [0.2, 0.25) is 11.8 Å². The van der Waals surface area contributed by atoms with E-state index < -0.39 is 5.97 Å². The van der Waals surface area contributed by atoms with Crippen LogP contribution in [0.3, 0.4) is 0 Å². The first-order chi connectivity index (χ1) is 10.8. The Bertz CT molecular complexity index is 623. The second kappa shape index (κ2) is 8.12. The van der Waals surface area contributed by atoms with Crippen LogP contribution in [-0.2, 0) is 14.3 Å². The number of methoxy groups -OCH3 is 1. The first kappa shape index (κ1) is 18.4. The molecule has 0 unspecified atom stereocenters. The lowest BCUT2D eigenvalue weighted by Crippen LogP contribution is -2.34. The van der Waals surface area contributed by atoms with Crippen LogP contribution in [-0.4, -0.2) is 43.4 Å². The van der Waals surface area contributed by atoms with Crippen LogP contribution in [0, 0.1) is 0 Å². The van der Waals surface area contributed by atoms with E-state index in [0.717, 1.165) is 11.6 Å². The Labute approximate surface area is 136 Å². The van der Waals surface area contributed by atoms with Crippen molar-refractivity contribution in [2.75, 3.05) is 26.0 Å². The highest BCUT2D eigenvalue weighted by atomic mass is 16.5. The second-order valence-corrected chi connectivity index (χ2v) is 5.39. The molecule has 2 amide bonds. The van der Waals surface area contributed by atoms with Crippen LogP contribution in [0.25, 0.3) is 0 Å². The SMILES string of the molecule is C=CC(=O)N(C)CC(=O)Nc1cc(C(=O)OC)ccc1C(C)C. The summed E-state index contributed by atoms with van der Waals surface area (Å²) in [7, 11) is 2.81. The molecule has 0 spiro atoms. The maximum atomic E-state index is 12.1.